The number of carbonyl (C=O) groups is 1. The zero-order valence-corrected chi connectivity index (χ0v) is 14.6. The number of amides is 1. The second kappa shape index (κ2) is 7.65. The molecule has 1 amide bonds. The van der Waals surface area contributed by atoms with Crippen molar-refractivity contribution in [2.24, 2.45) is 0 Å². The second-order valence-corrected chi connectivity index (χ2v) is 6.66. The molecule has 1 N–H and O–H groups in total. The van der Waals surface area contributed by atoms with Crippen LogP contribution >= 0.6 is 11.8 Å². The summed E-state index contributed by atoms with van der Waals surface area (Å²) >= 11 is 1.37. The first-order valence-corrected chi connectivity index (χ1v) is 9.08. The molecule has 1 atom stereocenters. The van der Waals surface area contributed by atoms with Crippen molar-refractivity contribution in [2.75, 3.05) is 12.4 Å². The molecule has 0 spiro atoms. The Morgan fingerprint density at radius 2 is 2.17 bits per heavy atom. The van der Waals surface area contributed by atoms with Gasteiger partial charge in [0, 0.05) is 0 Å². The van der Waals surface area contributed by atoms with E-state index >= 15 is 0 Å². The average Bonchev–Trinajstić information content (AvgIpc) is 3.32. The molecule has 8 heteroatoms. The maximum Gasteiger partial charge on any atom is 0.230 e. The van der Waals surface area contributed by atoms with Crippen LogP contribution in [0.1, 0.15) is 44.3 Å². The minimum Gasteiger partial charge on any atom is -0.494 e. The van der Waals surface area contributed by atoms with E-state index in [-0.39, 0.29) is 11.9 Å². The number of rotatable bonds is 8. The number of hydrogen-bond acceptors (Lipinski definition) is 6. The lowest BCUT2D eigenvalue weighted by Gasteiger charge is -2.14. The summed E-state index contributed by atoms with van der Waals surface area (Å²) in [5.41, 5.74) is 1.04. The lowest BCUT2D eigenvalue weighted by molar-refractivity contribution is -0.119. The highest BCUT2D eigenvalue weighted by atomic mass is 32.2. The molecule has 1 heterocycles. The number of hydrogen-bond donors (Lipinski definition) is 1. The van der Waals surface area contributed by atoms with Crippen LogP contribution in [0.5, 0.6) is 5.75 Å². The summed E-state index contributed by atoms with van der Waals surface area (Å²) in [4.78, 5) is 12.2. The molecular weight excluding hydrogens is 326 g/mol. The Labute approximate surface area is 145 Å². The summed E-state index contributed by atoms with van der Waals surface area (Å²) in [6, 6.07) is 8.12. The van der Waals surface area contributed by atoms with Crippen LogP contribution in [0.4, 0.5) is 0 Å². The van der Waals surface area contributed by atoms with Crippen molar-refractivity contribution < 1.29 is 9.53 Å². The van der Waals surface area contributed by atoms with Gasteiger partial charge in [-0.3, -0.25) is 4.79 Å². The van der Waals surface area contributed by atoms with Gasteiger partial charge in [0.1, 0.15) is 5.75 Å². The third-order valence-electron chi connectivity index (χ3n) is 3.76. The van der Waals surface area contributed by atoms with Gasteiger partial charge in [0.2, 0.25) is 11.1 Å². The fourth-order valence-corrected chi connectivity index (χ4v) is 3.10. The number of tetrazole rings is 1. The monoisotopic (exact) mass is 347 g/mol. The van der Waals surface area contributed by atoms with Crippen molar-refractivity contribution in [3.63, 3.8) is 0 Å². The van der Waals surface area contributed by atoms with E-state index in [1.807, 2.05) is 42.8 Å². The van der Waals surface area contributed by atoms with Gasteiger partial charge in [-0.15, -0.1) is 5.10 Å². The Kier molecular flexibility index (Phi) is 5.34. The third-order valence-corrected chi connectivity index (χ3v) is 4.69. The second-order valence-electron chi connectivity index (χ2n) is 5.72. The highest BCUT2D eigenvalue weighted by Crippen LogP contribution is 2.36. The molecule has 1 aliphatic rings. The highest BCUT2D eigenvalue weighted by Gasteiger charge is 2.28. The van der Waals surface area contributed by atoms with E-state index in [4.69, 9.17) is 4.74 Å². The van der Waals surface area contributed by atoms with Gasteiger partial charge < -0.3 is 10.1 Å². The highest BCUT2D eigenvalue weighted by molar-refractivity contribution is 7.99. The lowest BCUT2D eigenvalue weighted by atomic mass is 10.1. The molecule has 1 aromatic carbocycles. The molecule has 1 saturated carbocycles. The first-order valence-electron chi connectivity index (χ1n) is 8.10. The maximum absolute atomic E-state index is 12.2. The summed E-state index contributed by atoms with van der Waals surface area (Å²) in [6.45, 7) is 4.56. The average molecular weight is 347 g/mol. The van der Waals surface area contributed by atoms with Crippen LogP contribution < -0.4 is 10.1 Å². The molecule has 1 unspecified atom stereocenters. The molecule has 0 bridgehead atoms. The van der Waals surface area contributed by atoms with Gasteiger partial charge in [0.25, 0.3) is 0 Å². The fourth-order valence-electron chi connectivity index (χ4n) is 2.34. The van der Waals surface area contributed by atoms with E-state index in [0.717, 1.165) is 24.2 Å². The topological polar surface area (TPSA) is 81.9 Å². The Bertz CT molecular complexity index is 684. The molecule has 0 saturated heterocycles. The number of nitrogens with one attached hydrogen (secondary N) is 1. The van der Waals surface area contributed by atoms with E-state index in [0.29, 0.717) is 23.6 Å². The quantitative estimate of drug-likeness (QED) is 0.738. The number of nitrogens with zero attached hydrogens (tertiary/aromatic N) is 4. The third kappa shape index (κ3) is 4.25. The van der Waals surface area contributed by atoms with Crippen molar-refractivity contribution in [1.29, 1.82) is 0 Å². The standard InChI is InChI=1S/C16H21N5O2S/c1-3-23-14-8-4-12(5-9-14)11(2)17-15(22)10-24-16-18-19-20-21(16)13-6-7-13/h4-5,8-9,11,13H,3,6-7,10H2,1-2H3,(H,17,22). The van der Waals surface area contributed by atoms with Gasteiger partial charge in [-0.25, -0.2) is 4.68 Å². The Hall–Kier alpha value is -2.09. The van der Waals surface area contributed by atoms with Crippen molar-refractivity contribution in [1.82, 2.24) is 25.5 Å². The van der Waals surface area contributed by atoms with Crippen LogP contribution in [0.3, 0.4) is 0 Å². The predicted octanol–water partition coefficient (Wildman–Crippen LogP) is 2.38. The number of aromatic nitrogens is 4. The van der Waals surface area contributed by atoms with E-state index in [2.05, 4.69) is 20.8 Å². The van der Waals surface area contributed by atoms with Crippen LogP contribution in [0.2, 0.25) is 0 Å². The normalized spacial score (nSPS) is 15.1. The van der Waals surface area contributed by atoms with Gasteiger partial charge >= 0.3 is 0 Å². The maximum atomic E-state index is 12.2. The van der Waals surface area contributed by atoms with Crippen molar-refractivity contribution in [3.05, 3.63) is 29.8 Å². The van der Waals surface area contributed by atoms with E-state index < -0.39 is 0 Å². The minimum absolute atomic E-state index is 0.0354. The van der Waals surface area contributed by atoms with Crippen LogP contribution in [0, 0.1) is 0 Å². The molecule has 1 fully saturated rings. The molecule has 0 aliphatic heterocycles. The zero-order chi connectivity index (χ0) is 16.9. The predicted molar refractivity (Wildman–Crippen MR) is 91.0 cm³/mol. The molecule has 3 rings (SSSR count). The summed E-state index contributed by atoms with van der Waals surface area (Å²) in [7, 11) is 0. The molecule has 1 aromatic heterocycles. The number of carbonyl (C=O) groups excluding carboxylic acids is 1. The van der Waals surface area contributed by atoms with Gasteiger partial charge in [-0.05, 0) is 54.8 Å². The number of thioether (sulfide) groups is 1. The number of ether oxygens (including phenoxy) is 1. The molecule has 1 aliphatic carbocycles. The van der Waals surface area contributed by atoms with Crippen LogP contribution in [-0.4, -0.2) is 38.5 Å². The smallest absolute Gasteiger partial charge is 0.230 e. The van der Waals surface area contributed by atoms with Gasteiger partial charge in [-0.2, -0.15) is 0 Å². The SMILES string of the molecule is CCOc1ccc(C(C)NC(=O)CSc2nnnn2C2CC2)cc1. The van der Waals surface area contributed by atoms with E-state index in [9.17, 15) is 4.79 Å². The Morgan fingerprint density at radius 1 is 1.42 bits per heavy atom. The molecule has 128 valence electrons. The van der Waals surface area contributed by atoms with Crippen molar-refractivity contribution in [3.8, 4) is 5.75 Å². The van der Waals surface area contributed by atoms with Crippen molar-refractivity contribution in [2.45, 2.75) is 43.9 Å². The van der Waals surface area contributed by atoms with Gasteiger partial charge in [0.05, 0.1) is 24.4 Å². The van der Waals surface area contributed by atoms with E-state index in [1.165, 1.54) is 11.8 Å². The fraction of sp³-hybridized carbons (Fsp3) is 0.500. The molecule has 24 heavy (non-hydrogen) atoms. The summed E-state index contributed by atoms with van der Waals surface area (Å²) < 4.78 is 7.24. The Morgan fingerprint density at radius 3 is 2.83 bits per heavy atom. The molecular formula is C16H21N5O2S. The van der Waals surface area contributed by atoms with Crippen LogP contribution in [0.25, 0.3) is 0 Å². The van der Waals surface area contributed by atoms with E-state index in [1.54, 1.807) is 0 Å². The molecule has 7 nitrogen and oxygen atoms in total. The van der Waals surface area contributed by atoms with Crippen molar-refractivity contribution >= 4 is 17.7 Å². The van der Waals surface area contributed by atoms with Gasteiger partial charge in [0.15, 0.2) is 0 Å². The number of benzene rings is 1. The van der Waals surface area contributed by atoms with Crippen LogP contribution in [0.15, 0.2) is 29.4 Å². The zero-order valence-electron chi connectivity index (χ0n) is 13.8. The molecule has 2 aromatic rings. The first-order chi connectivity index (χ1) is 11.7. The molecule has 0 radical (unpaired) electrons. The lowest BCUT2D eigenvalue weighted by Crippen LogP contribution is -2.28. The minimum atomic E-state index is -0.0618. The van der Waals surface area contributed by atoms with Crippen LogP contribution in [-0.2, 0) is 4.79 Å². The summed E-state index contributed by atoms with van der Waals surface area (Å²) in [6.07, 6.45) is 2.22. The Balaban J connectivity index is 1.49. The summed E-state index contributed by atoms with van der Waals surface area (Å²) in [5.74, 6) is 1.10. The first kappa shape index (κ1) is 16.8. The summed E-state index contributed by atoms with van der Waals surface area (Å²) in [5, 5.41) is 15.4. The largest absolute Gasteiger partial charge is 0.494 e. The van der Waals surface area contributed by atoms with Gasteiger partial charge in [-0.1, -0.05) is 23.9 Å².